The highest BCUT2D eigenvalue weighted by molar-refractivity contribution is 7.83. The molecule has 0 aromatic rings. The zero-order valence-corrected chi connectivity index (χ0v) is 8.04. The van der Waals surface area contributed by atoms with Gasteiger partial charge in [0.2, 0.25) is 0 Å². The van der Waals surface area contributed by atoms with Gasteiger partial charge in [0, 0.05) is 12.5 Å². The second-order valence-electron chi connectivity index (χ2n) is 3.08. The van der Waals surface area contributed by atoms with Gasteiger partial charge in [-0.15, -0.1) is 0 Å². The molecular formula is C7H11NO4S. The normalized spacial score (nSPS) is 24.3. The van der Waals surface area contributed by atoms with Crippen LogP contribution < -0.4 is 0 Å². The van der Waals surface area contributed by atoms with E-state index in [0.717, 1.165) is 6.42 Å². The summed E-state index contributed by atoms with van der Waals surface area (Å²) >= 11 is 0. The van der Waals surface area contributed by atoms with E-state index in [1.807, 2.05) is 0 Å². The predicted octanol–water partition coefficient (Wildman–Crippen LogP) is 0.237. The van der Waals surface area contributed by atoms with Gasteiger partial charge in [-0.2, -0.15) is 8.42 Å². The summed E-state index contributed by atoms with van der Waals surface area (Å²) in [6.45, 7) is 1.89. The van der Waals surface area contributed by atoms with Crippen LogP contribution in [0.3, 0.4) is 0 Å². The molecule has 0 aliphatic carbocycles. The smallest absolute Gasteiger partial charge is 0.269 e. The van der Waals surface area contributed by atoms with E-state index in [2.05, 4.69) is 0 Å². The first-order valence-electron chi connectivity index (χ1n) is 3.97. The average molecular weight is 205 g/mol. The van der Waals surface area contributed by atoms with Gasteiger partial charge in [0.25, 0.3) is 0 Å². The molecule has 1 rings (SSSR count). The second kappa shape index (κ2) is 3.49. The molecule has 0 spiro atoms. The third kappa shape index (κ3) is 2.09. The number of carbonyl (C=O) groups excluding carboxylic acids is 1. The summed E-state index contributed by atoms with van der Waals surface area (Å²) in [5.41, 5.74) is 0.0220. The molecule has 0 aromatic carbocycles. The van der Waals surface area contributed by atoms with Gasteiger partial charge >= 0.3 is 10.3 Å². The summed E-state index contributed by atoms with van der Waals surface area (Å²) in [6.07, 6.45) is 1.39. The van der Waals surface area contributed by atoms with Crippen LogP contribution in [0.4, 0.5) is 0 Å². The van der Waals surface area contributed by atoms with E-state index in [9.17, 15) is 13.2 Å². The lowest BCUT2D eigenvalue weighted by Crippen LogP contribution is -2.37. The van der Waals surface area contributed by atoms with Crippen molar-refractivity contribution in [3.63, 3.8) is 0 Å². The Hall–Kier alpha value is -0.840. The maximum Gasteiger partial charge on any atom is 0.360 e. The van der Waals surface area contributed by atoms with Gasteiger partial charge in [-0.05, 0) is 12.8 Å². The van der Waals surface area contributed by atoms with Crippen molar-refractivity contribution in [2.45, 2.75) is 19.8 Å². The molecule has 0 amide bonds. The zero-order valence-electron chi connectivity index (χ0n) is 7.23. The van der Waals surface area contributed by atoms with Gasteiger partial charge in [-0.1, -0.05) is 6.92 Å². The van der Waals surface area contributed by atoms with Gasteiger partial charge < -0.3 is 0 Å². The fourth-order valence-electron chi connectivity index (χ4n) is 1.44. The van der Waals surface area contributed by atoms with Crippen LogP contribution in [0.5, 0.6) is 0 Å². The lowest BCUT2D eigenvalue weighted by atomic mass is 9.99. The van der Waals surface area contributed by atoms with Crippen LogP contribution in [-0.4, -0.2) is 29.8 Å². The Morgan fingerprint density at radius 1 is 1.62 bits per heavy atom. The van der Waals surface area contributed by atoms with Crippen molar-refractivity contribution in [3.8, 4) is 0 Å². The van der Waals surface area contributed by atoms with E-state index in [1.54, 1.807) is 12.9 Å². The molecule has 0 radical (unpaired) electrons. The van der Waals surface area contributed by atoms with Crippen molar-refractivity contribution in [1.29, 1.82) is 0 Å². The molecular weight excluding hydrogens is 194 g/mol. The van der Waals surface area contributed by atoms with Gasteiger partial charge in [0.1, 0.15) is 11.6 Å². The first-order valence-corrected chi connectivity index (χ1v) is 5.36. The Morgan fingerprint density at radius 2 is 2.23 bits per heavy atom. The van der Waals surface area contributed by atoms with Crippen LogP contribution in [0.15, 0.2) is 5.70 Å². The van der Waals surface area contributed by atoms with Crippen LogP contribution in [0.2, 0.25) is 0 Å². The van der Waals surface area contributed by atoms with Gasteiger partial charge in [-0.3, -0.25) is 4.55 Å². The zero-order chi connectivity index (χ0) is 10.1. The molecule has 13 heavy (non-hydrogen) atoms. The SMILES string of the molecule is CC1CCCN(S(=O)(=O)O)C1=C=O. The Bertz CT molecular complexity index is 342. The van der Waals surface area contributed by atoms with Crippen molar-refractivity contribution < 1.29 is 17.8 Å². The summed E-state index contributed by atoms with van der Waals surface area (Å²) < 4.78 is 31.0. The molecule has 1 fully saturated rings. The highest BCUT2D eigenvalue weighted by atomic mass is 32.2. The molecule has 0 bridgehead atoms. The largest absolute Gasteiger partial charge is 0.360 e. The number of hydrogen-bond acceptors (Lipinski definition) is 3. The van der Waals surface area contributed by atoms with Crippen LogP contribution in [0, 0.1) is 5.92 Å². The van der Waals surface area contributed by atoms with E-state index in [0.29, 0.717) is 10.7 Å². The lowest BCUT2D eigenvalue weighted by Gasteiger charge is -2.29. The molecule has 1 aliphatic rings. The molecule has 6 heteroatoms. The number of hydrogen-bond donors (Lipinski definition) is 1. The number of nitrogens with zero attached hydrogens (tertiary/aromatic N) is 1. The molecule has 1 aliphatic heterocycles. The minimum atomic E-state index is -4.29. The molecule has 5 nitrogen and oxygen atoms in total. The Kier molecular flexibility index (Phi) is 2.75. The Morgan fingerprint density at radius 3 is 2.62 bits per heavy atom. The first kappa shape index (κ1) is 10.2. The van der Waals surface area contributed by atoms with E-state index < -0.39 is 10.3 Å². The molecule has 1 N–H and O–H groups in total. The third-order valence-corrected chi connectivity index (χ3v) is 3.05. The minimum absolute atomic E-state index is 0.0220. The number of piperidine rings is 1. The van der Waals surface area contributed by atoms with Crippen molar-refractivity contribution in [2.75, 3.05) is 6.54 Å². The van der Waals surface area contributed by atoms with Crippen molar-refractivity contribution in [1.82, 2.24) is 4.31 Å². The second-order valence-corrected chi connectivity index (χ2v) is 4.42. The lowest BCUT2D eigenvalue weighted by molar-refractivity contribution is 0.319. The van der Waals surface area contributed by atoms with Crippen molar-refractivity contribution in [3.05, 3.63) is 5.70 Å². The third-order valence-electron chi connectivity index (χ3n) is 2.12. The van der Waals surface area contributed by atoms with Crippen LogP contribution in [0.1, 0.15) is 19.8 Å². The molecule has 1 atom stereocenters. The van der Waals surface area contributed by atoms with E-state index in [1.165, 1.54) is 0 Å². The van der Waals surface area contributed by atoms with Crippen molar-refractivity contribution in [2.24, 2.45) is 5.92 Å². The fourth-order valence-corrected chi connectivity index (χ4v) is 2.26. The predicted molar refractivity (Wildman–Crippen MR) is 45.9 cm³/mol. The van der Waals surface area contributed by atoms with E-state index in [4.69, 9.17) is 4.55 Å². The van der Waals surface area contributed by atoms with Crippen LogP contribution >= 0.6 is 0 Å². The fraction of sp³-hybridized carbons (Fsp3) is 0.714. The molecule has 0 aromatic heterocycles. The highest BCUT2D eigenvalue weighted by Crippen LogP contribution is 2.26. The topological polar surface area (TPSA) is 74.7 Å². The summed E-state index contributed by atoms with van der Waals surface area (Å²) in [4.78, 5) is 10.4. The minimum Gasteiger partial charge on any atom is -0.269 e. The molecule has 74 valence electrons. The molecule has 1 heterocycles. The molecule has 0 saturated carbocycles. The molecule has 1 unspecified atom stereocenters. The van der Waals surface area contributed by atoms with E-state index >= 15 is 0 Å². The molecule has 1 saturated heterocycles. The van der Waals surface area contributed by atoms with Crippen molar-refractivity contribution >= 4 is 16.2 Å². The Balaban J connectivity index is 3.04. The summed E-state index contributed by atoms with van der Waals surface area (Å²) in [5.74, 6) is 1.40. The van der Waals surface area contributed by atoms with E-state index in [-0.39, 0.29) is 18.2 Å². The maximum atomic E-state index is 10.8. The van der Waals surface area contributed by atoms with Crippen LogP contribution in [-0.2, 0) is 15.1 Å². The first-order chi connectivity index (χ1) is 5.96. The highest BCUT2D eigenvalue weighted by Gasteiger charge is 2.30. The number of allylic oxidation sites excluding steroid dienone is 1. The average Bonchev–Trinajstić information content (AvgIpc) is 2.02. The summed E-state index contributed by atoms with van der Waals surface area (Å²) in [5, 5.41) is 0. The monoisotopic (exact) mass is 205 g/mol. The number of rotatable bonds is 1. The van der Waals surface area contributed by atoms with Crippen LogP contribution in [0.25, 0.3) is 0 Å². The quantitative estimate of drug-likeness (QED) is 0.491. The standard InChI is InChI=1S/C7H11NO4S/c1-6-3-2-4-8(7(6)5-9)13(10,11)12/h6H,2-4H2,1H3,(H,10,11,12). The van der Waals surface area contributed by atoms with Gasteiger partial charge in [-0.25, -0.2) is 9.10 Å². The van der Waals surface area contributed by atoms with Gasteiger partial charge in [0.05, 0.1) is 0 Å². The maximum absolute atomic E-state index is 10.8. The summed E-state index contributed by atoms with van der Waals surface area (Å²) in [6, 6.07) is 0. The Labute approximate surface area is 76.9 Å². The van der Waals surface area contributed by atoms with Gasteiger partial charge in [0.15, 0.2) is 0 Å². The summed E-state index contributed by atoms with van der Waals surface area (Å²) in [7, 11) is -4.29.